The molecule has 10 heteroatoms. The lowest BCUT2D eigenvalue weighted by Crippen LogP contribution is -2.23. The van der Waals surface area contributed by atoms with Gasteiger partial charge in [-0.25, -0.2) is 14.3 Å². The zero-order valence-corrected chi connectivity index (χ0v) is 13.4. The summed E-state index contributed by atoms with van der Waals surface area (Å²) < 4.78 is 1.61. The second-order valence-electron chi connectivity index (χ2n) is 4.57. The van der Waals surface area contributed by atoms with Crippen molar-refractivity contribution in [1.82, 2.24) is 15.0 Å². The third-order valence-electron chi connectivity index (χ3n) is 2.88. The van der Waals surface area contributed by atoms with Gasteiger partial charge in [0.25, 0.3) is 0 Å². The van der Waals surface area contributed by atoms with Crippen LogP contribution in [0, 0.1) is 6.92 Å². The lowest BCUT2D eigenvalue weighted by Gasteiger charge is -2.08. The highest BCUT2D eigenvalue weighted by atomic mass is 79.9. The number of carboxylic acid groups (broad SMARTS) is 2. The molecule has 0 unspecified atom stereocenters. The van der Waals surface area contributed by atoms with E-state index in [1.165, 1.54) is 0 Å². The molecule has 2 aromatic rings. The van der Waals surface area contributed by atoms with E-state index < -0.39 is 35.8 Å². The highest BCUT2D eigenvalue weighted by Crippen LogP contribution is 2.20. The molecule has 1 aromatic carbocycles. The van der Waals surface area contributed by atoms with Crippen molar-refractivity contribution in [2.45, 2.75) is 13.5 Å². The smallest absolute Gasteiger partial charge is 0.359 e. The van der Waals surface area contributed by atoms with Gasteiger partial charge in [-0.05, 0) is 30.7 Å². The van der Waals surface area contributed by atoms with Crippen LogP contribution in [0.25, 0.3) is 0 Å². The third kappa shape index (κ3) is 3.72. The molecule has 120 valence electrons. The lowest BCUT2D eigenvalue weighted by atomic mass is 10.2. The Morgan fingerprint density at radius 2 is 1.96 bits per heavy atom. The second kappa shape index (κ2) is 6.57. The molecule has 0 aliphatic rings. The van der Waals surface area contributed by atoms with E-state index in [0.29, 0.717) is 5.69 Å². The number of nitrogens with zero attached hydrogens (tertiary/aromatic N) is 3. The summed E-state index contributed by atoms with van der Waals surface area (Å²) in [4.78, 5) is 34.0. The van der Waals surface area contributed by atoms with Gasteiger partial charge < -0.3 is 15.5 Å². The van der Waals surface area contributed by atoms with Gasteiger partial charge in [-0.2, -0.15) is 0 Å². The Morgan fingerprint density at radius 3 is 2.52 bits per heavy atom. The molecule has 0 fully saturated rings. The molecular formula is C13H11BrN4O5. The Morgan fingerprint density at radius 1 is 1.26 bits per heavy atom. The van der Waals surface area contributed by atoms with Crippen molar-refractivity contribution in [3.05, 3.63) is 39.6 Å². The monoisotopic (exact) mass is 382 g/mol. The number of hydrogen-bond donors (Lipinski definition) is 3. The molecule has 0 aliphatic carbocycles. The zero-order chi connectivity index (χ0) is 17.1. The number of amides is 1. The molecule has 0 bridgehead atoms. The Labute approximate surface area is 138 Å². The number of carbonyl (C=O) groups excluding carboxylic acids is 1. The number of nitrogens with one attached hydrogen (secondary N) is 1. The minimum absolute atomic E-state index is 0.475. The molecule has 0 atom stereocenters. The van der Waals surface area contributed by atoms with Gasteiger partial charge in [-0.3, -0.25) is 4.79 Å². The fourth-order valence-corrected chi connectivity index (χ4v) is 2.09. The number of anilines is 1. The molecule has 1 amide bonds. The van der Waals surface area contributed by atoms with Crippen LogP contribution in [0.2, 0.25) is 0 Å². The number of aryl methyl sites for hydroxylation is 1. The van der Waals surface area contributed by atoms with E-state index in [1.54, 1.807) is 18.2 Å². The normalized spacial score (nSPS) is 10.3. The molecule has 0 spiro atoms. The Kier molecular flexibility index (Phi) is 4.74. The van der Waals surface area contributed by atoms with Crippen molar-refractivity contribution in [2.75, 3.05) is 5.32 Å². The molecule has 0 aliphatic heterocycles. The first kappa shape index (κ1) is 16.6. The first-order valence-corrected chi connectivity index (χ1v) is 7.05. The second-order valence-corrected chi connectivity index (χ2v) is 5.42. The minimum atomic E-state index is -1.53. The number of rotatable bonds is 5. The predicted octanol–water partition coefficient (Wildman–Crippen LogP) is 1.38. The summed E-state index contributed by atoms with van der Waals surface area (Å²) in [5.74, 6) is -3.62. The Hall–Kier alpha value is -2.75. The van der Waals surface area contributed by atoms with Gasteiger partial charge in [0.2, 0.25) is 11.6 Å². The predicted molar refractivity (Wildman–Crippen MR) is 81.4 cm³/mol. The maximum Gasteiger partial charge on any atom is 0.359 e. The largest absolute Gasteiger partial charge is 0.476 e. The van der Waals surface area contributed by atoms with Crippen molar-refractivity contribution in [3.63, 3.8) is 0 Å². The van der Waals surface area contributed by atoms with Crippen LogP contribution < -0.4 is 5.32 Å². The number of aromatic nitrogens is 3. The molecule has 0 radical (unpaired) electrons. The SMILES string of the molecule is Cc1cc(NC(=O)Cn2nnc(C(=O)O)c2C(=O)O)ccc1Br. The van der Waals surface area contributed by atoms with Crippen molar-refractivity contribution < 1.29 is 24.6 Å². The summed E-state index contributed by atoms with van der Waals surface area (Å²) in [5.41, 5.74) is 0.0542. The van der Waals surface area contributed by atoms with E-state index in [0.717, 1.165) is 14.7 Å². The fourth-order valence-electron chi connectivity index (χ4n) is 1.84. The van der Waals surface area contributed by atoms with Crippen molar-refractivity contribution in [3.8, 4) is 0 Å². The van der Waals surface area contributed by atoms with Gasteiger partial charge >= 0.3 is 11.9 Å². The van der Waals surface area contributed by atoms with Crippen LogP contribution in [0.4, 0.5) is 5.69 Å². The maximum absolute atomic E-state index is 12.0. The molecular weight excluding hydrogens is 372 g/mol. The van der Waals surface area contributed by atoms with Crippen LogP contribution in [0.3, 0.4) is 0 Å². The highest BCUT2D eigenvalue weighted by Gasteiger charge is 2.25. The van der Waals surface area contributed by atoms with Gasteiger partial charge in [-0.15, -0.1) is 5.10 Å². The number of carboxylic acids is 2. The molecule has 23 heavy (non-hydrogen) atoms. The molecule has 9 nitrogen and oxygen atoms in total. The highest BCUT2D eigenvalue weighted by molar-refractivity contribution is 9.10. The van der Waals surface area contributed by atoms with Crippen molar-refractivity contribution in [1.29, 1.82) is 0 Å². The van der Waals surface area contributed by atoms with E-state index in [4.69, 9.17) is 10.2 Å². The van der Waals surface area contributed by atoms with Gasteiger partial charge in [0.1, 0.15) is 6.54 Å². The molecule has 0 saturated carbocycles. The average molecular weight is 383 g/mol. The Bertz CT molecular complexity index is 802. The van der Waals surface area contributed by atoms with E-state index in [9.17, 15) is 14.4 Å². The summed E-state index contributed by atoms with van der Waals surface area (Å²) in [7, 11) is 0. The molecule has 1 aromatic heterocycles. The summed E-state index contributed by atoms with van der Waals surface area (Å²) in [5, 5.41) is 27.2. The number of carbonyl (C=O) groups is 3. The summed E-state index contributed by atoms with van der Waals surface area (Å²) in [6.07, 6.45) is 0. The van der Waals surface area contributed by atoms with E-state index in [1.807, 2.05) is 6.92 Å². The van der Waals surface area contributed by atoms with Crippen LogP contribution in [0.1, 0.15) is 26.5 Å². The topological polar surface area (TPSA) is 134 Å². The van der Waals surface area contributed by atoms with Crippen LogP contribution in [-0.4, -0.2) is 43.1 Å². The quantitative estimate of drug-likeness (QED) is 0.710. The Balaban J connectivity index is 2.18. The number of hydrogen-bond acceptors (Lipinski definition) is 5. The lowest BCUT2D eigenvalue weighted by molar-refractivity contribution is -0.116. The van der Waals surface area contributed by atoms with Crippen LogP contribution >= 0.6 is 15.9 Å². The van der Waals surface area contributed by atoms with Crippen molar-refractivity contribution in [2.24, 2.45) is 0 Å². The molecule has 3 N–H and O–H groups in total. The first-order valence-electron chi connectivity index (χ1n) is 6.25. The van der Waals surface area contributed by atoms with Crippen LogP contribution in [0.15, 0.2) is 22.7 Å². The molecule has 0 saturated heterocycles. The number of benzene rings is 1. The average Bonchev–Trinajstić information content (AvgIpc) is 2.86. The van der Waals surface area contributed by atoms with Crippen LogP contribution in [0.5, 0.6) is 0 Å². The van der Waals surface area contributed by atoms with Crippen LogP contribution in [-0.2, 0) is 11.3 Å². The molecule has 2 rings (SSSR count). The summed E-state index contributed by atoms with van der Waals surface area (Å²) in [6.45, 7) is 1.37. The van der Waals surface area contributed by atoms with Gasteiger partial charge in [0.05, 0.1) is 0 Å². The van der Waals surface area contributed by atoms with Gasteiger partial charge in [0.15, 0.2) is 5.69 Å². The molecule has 1 heterocycles. The van der Waals surface area contributed by atoms with Gasteiger partial charge in [0, 0.05) is 10.2 Å². The van der Waals surface area contributed by atoms with Gasteiger partial charge in [-0.1, -0.05) is 21.1 Å². The van der Waals surface area contributed by atoms with Crippen molar-refractivity contribution >= 4 is 39.5 Å². The summed E-state index contributed by atoms with van der Waals surface area (Å²) in [6, 6.07) is 5.15. The first-order chi connectivity index (χ1) is 10.8. The maximum atomic E-state index is 12.0. The minimum Gasteiger partial charge on any atom is -0.476 e. The van der Waals surface area contributed by atoms with E-state index in [-0.39, 0.29) is 0 Å². The standard InChI is InChI=1S/C13H11BrN4O5/c1-6-4-7(2-3-8(6)14)15-9(19)5-18-11(13(22)23)10(12(20)21)16-17-18/h2-4H,5H2,1H3,(H,15,19)(H,20,21)(H,22,23). The summed E-state index contributed by atoms with van der Waals surface area (Å²) >= 11 is 3.34. The fraction of sp³-hybridized carbons (Fsp3) is 0.154. The van der Waals surface area contributed by atoms with E-state index >= 15 is 0 Å². The van der Waals surface area contributed by atoms with E-state index in [2.05, 4.69) is 31.6 Å². The third-order valence-corrected chi connectivity index (χ3v) is 3.77. The number of aromatic carboxylic acids is 2. The number of halogens is 1. The zero-order valence-electron chi connectivity index (χ0n) is 11.8.